The Morgan fingerprint density at radius 3 is 2.69 bits per heavy atom. The molecule has 16 heavy (non-hydrogen) atoms. The first-order chi connectivity index (χ1) is 7.53. The maximum Gasteiger partial charge on any atom is 0.109 e. The van der Waals surface area contributed by atoms with Gasteiger partial charge in [0.1, 0.15) is 7.22 Å². The fourth-order valence-corrected chi connectivity index (χ4v) is 6.87. The van der Waals surface area contributed by atoms with Gasteiger partial charge in [-0.15, -0.1) is 0 Å². The van der Waals surface area contributed by atoms with E-state index in [9.17, 15) is 0 Å². The highest BCUT2D eigenvalue weighted by Crippen LogP contribution is 2.33. The van der Waals surface area contributed by atoms with Crippen molar-refractivity contribution in [3.63, 3.8) is 0 Å². The summed E-state index contributed by atoms with van der Waals surface area (Å²) in [4.78, 5) is 4.86. The van der Waals surface area contributed by atoms with Crippen LogP contribution >= 0.6 is 11.2 Å². The van der Waals surface area contributed by atoms with E-state index in [1.54, 1.807) is 0 Å². The summed E-state index contributed by atoms with van der Waals surface area (Å²) in [5.74, 6) is 0. The fourth-order valence-electron chi connectivity index (χ4n) is 2.08. The molecular weight excluding hydrogens is 230 g/mol. The van der Waals surface area contributed by atoms with Crippen molar-refractivity contribution in [1.82, 2.24) is 0 Å². The Morgan fingerprint density at radius 2 is 2.06 bits per heavy atom. The zero-order valence-corrected chi connectivity index (χ0v) is 13.2. The molecule has 0 spiro atoms. The van der Waals surface area contributed by atoms with E-state index in [2.05, 4.69) is 37.8 Å². The average Bonchev–Trinajstić information content (AvgIpc) is 2.19. The highest BCUT2D eigenvalue weighted by Gasteiger charge is 2.26. The van der Waals surface area contributed by atoms with Crippen LogP contribution in [0.15, 0.2) is 4.99 Å². The lowest BCUT2D eigenvalue weighted by atomic mass is 9.98. The molecule has 1 rings (SSSR count). The first-order valence-corrected chi connectivity index (χ1v) is 11.8. The summed E-state index contributed by atoms with van der Waals surface area (Å²) in [5.41, 5.74) is 1.53. The van der Waals surface area contributed by atoms with E-state index in [-0.39, 0.29) is 0 Å². The van der Waals surface area contributed by atoms with Gasteiger partial charge >= 0.3 is 0 Å². The Morgan fingerprint density at radius 1 is 1.31 bits per heavy atom. The molecular formula is C13H27NSSi. The van der Waals surface area contributed by atoms with Crippen LogP contribution in [0.2, 0.25) is 19.6 Å². The van der Waals surface area contributed by atoms with Crippen molar-refractivity contribution in [2.24, 2.45) is 4.99 Å². The van der Waals surface area contributed by atoms with Crippen LogP contribution in [-0.4, -0.2) is 24.7 Å². The minimum Gasteiger partial charge on any atom is -0.293 e. The number of hydrogen-bond acceptors (Lipinski definition) is 2. The van der Waals surface area contributed by atoms with Crippen molar-refractivity contribution in [3.8, 4) is 0 Å². The maximum atomic E-state index is 4.86. The number of hydrogen-bond donors (Lipinski definition) is 0. The van der Waals surface area contributed by atoms with Gasteiger partial charge in [0.25, 0.3) is 0 Å². The zero-order valence-electron chi connectivity index (χ0n) is 11.4. The molecule has 0 aromatic heterocycles. The van der Waals surface area contributed by atoms with Gasteiger partial charge < -0.3 is 0 Å². The molecule has 0 aromatic rings. The van der Waals surface area contributed by atoms with Crippen LogP contribution in [0.25, 0.3) is 0 Å². The molecule has 0 amide bonds. The first-order valence-electron chi connectivity index (χ1n) is 6.74. The van der Waals surface area contributed by atoms with Gasteiger partial charge in [0.2, 0.25) is 0 Å². The lowest BCUT2D eigenvalue weighted by Crippen LogP contribution is -2.29. The monoisotopic (exact) mass is 257 g/mol. The molecule has 0 bridgehead atoms. The number of nitrogens with zero attached hydrogens (tertiary/aromatic N) is 1. The molecule has 0 N–H and O–H groups in total. The van der Waals surface area contributed by atoms with Crippen molar-refractivity contribution < 1.29 is 0 Å². The molecule has 3 heteroatoms. The van der Waals surface area contributed by atoms with Crippen molar-refractivity contribution in [1.29, 1.82) is 0 Å². The van der Waals surface area contributed by atoms with Gasteiger partial charge in [-0.3, -0.25) is 4.99 Å². The van der Waals surface area contributed by atoms with Crippen LogP contribution in [0.4, 0.5) is 0 Å². The third kappa shape index (κ3) is 5.53. The molecule has 1 nitrogen and oxygen atoms in total. The third-order valence-electron chi connectivity index (χ3n) is 2.84. The fraction of sp³-hybridized carbons (Fsp3) is 0.923. The molecule has 1 fully saturated rings. The lowest BCUT2D eigenvalue weighted by molar-refractivity contribution is 0.669. The average molecular weight is 258 g/mol. The second-order valence-corrected chi connectivity index (χ2v) is 15.1. The Bertz CT molecular complexity index is 233. The van der Waals surface area contributed by atoms with Crippen LogP contribution in [0.3, 0.4) is 0 Å². The van der Waals surface area contributed by atoms with E-state index in [1.807, 2.05) is 0 Å². The SMILES string of the molecule is CCCCN=C1CCCCC1S[Si](C)(C)C. The van der Waals surface area contributed by atoms with Crippen molar-refractivity contribution in [3.05, 3.63) is 0 Å². The van der Waals surface area contributed by atoms with E-state index < -0.39 is 7.22 Å². The predicted octanol–water partition coefficient (Wildman–Crippen LogP) is 4.74. The molecule has 0 saturated heterocycles. The summed E-state index contributed by atoms with van der Waals surface area (Å²) >= 11 is 2.25. The Hall–Kier alpha value is 0.237. The quantitative estimate of drug-likeness (QED) is 0.512. The topological polar surface area (TPSA) is 12.4 Å². The van der Waals surface area contributed by atoms with Crippen LogP contribution < -0.4 is 0 Å². The molecule has 1 saturated carbocycles. The van der Waals surface area contributed by atoms with Gasteiger partial charge in [-0.05, 0) is 25.7 Å². The Labute approximate surface area is 106 Å². The molecule has 94 valence electrons. The van der Waals surface area contributed by atoms with E-state index in [0.717, 1.165) is 11.8 Å². The minimum absolute atomic E-state index is 0.761. The van der Waals surface area contributed by atoms with Gasteiger partial charge in [-0.25, -0.2) is 0 Å². The van der Waals surface area contributed by atoms with Gasteiger partial charge in [0.05, 0.1) is 0 Å². The van der Waals surface area contributed by atoms with Gasteiger partial charge in [0.15, 0.2) is 0 Å². The van der Waals surface area contributed by atoms with Crippen LogP contribution in [0.5, 0.6) is 0 Å². The summed E-state index contributed by atoms with van der Waals surface area (Å²) in [6.07, 6.45) is 7.95. The molecule has 0 aliphatic heterocycles. The van der Waals surface area contributed by atoms with E-state index in [0.29, 0.717) is 0 Å². The Balaban J connectivity index is 2.53. The van der Waals surface area contributed by atoms with Crippen molar-refractivity contribution >= 4 is 24.1 Å². The molecule has 0 heterocycles. The number of rotatable bonds is 5. The predicted molar refractivity (Wildman–Crippen MR) is 80.4 cm³/mol. The Kier molecular flexibility index (Phi) is 6.12. The smallest absolute Gasteiger partial charge is 0.109 e. The second-order valence-electron chi connectivity index (χ2n) is 5.69. The van der Waals surface area contributed by atoms with Crippen molar-refractivity contribution in [2.45, 2.75) is 70.3 Å². The third-order valence-corrected chi connectivity index (χ3v) is 7.32. The summed E-state index contributed by atoms with van der Waals surface area (Å²) in [5, 5.41) is 0.761. The van der Waals surface area contributed by atoms with Crippen molar-refractivity contribution in [2.75, 3.05) is 6.54 Å². The summed E-state index contributed by atoms with van der Waals surface area (Å²) in [6.45, 7) is 10.7. The highest BCUT2D eigenvalue weighted by molar-refractivity contribution is 8.29. The molecule has 0 aromatic carbocycles. The number of unbranched alkanes of at least 4 members (excludes halogenated alkanes) is 1. The minimum atomic E-state index is -0.998. The van der Waals surface area contributed by atoms with Crippen LogP contribution in [0.1, 0.15) is 45.4 Å². The van der Waals surface area contributed by atoms with E-state index >= 15 is 0 Å². The van der Waals surface area contributed by atoms with E-state index in [1.165, 1.54) is 44.2 Å². The second kappa shape index (κ2) is 6.85. The van der Waals surface area contributed by atoms with Gasteiger partial charge in [-0.1, -0.05) is 39.4 Å². The largest absolute Gasteiger partial charge is 0.293 e. The molecule has 1 aliphatic rings. The first kappa shape index (κ1) is 14.3. The summed E-state index contributed by atoms with van der Waals surface area (Å²) in [7, 11) is -0.998. The highest BCUT2D eigenvalue weighted by atomic mass is 32.4. The molecule has 1 unspecified atom stereocenters. The standard InChI is InChI=1S/C13H27NSSi/c1-5-6-11-14-12-9-7-8-10-13(12)15-16(2,3)4/h13H,5-11H2,1-4H3. The number of aliphatic imine (C=N–C) groups is 1. The lowest BCUT2D eigenvalue weighted by Gasteiger charge is -2.29. The maximum absolute atomic E-state index is 4.86. The van der Waals surface area contributed by atoms with Crippen LogP contribution in [0, 0.1) is 0 Å². The molecule has 1 aliphatic carbocycles. The summed E-state index contributed by atoms with van der Waals surface area (Å²) in [6, 6.07) is 0. The molecule has 1 atom stereocenters. The van der Waals surface area contributed by atoms with Crippen LogP contribution in [-0.2, 0) is 0 Å². The van der Waals surface area contributed by atoms with Gasteiger partial charge in [-0.2, -0.15) is 11.2 Å². The molecule has 0 radical (unpaired) electrons. The van der Waals surface area contributed by atoms with E-state index in [4.69, 9.17) is 4.99 Å². The normalized spacial score (nSPS) is 25.0. The zero-order chi connectivity index (χ0) is 12.0. The van der Waals surface area contributed by atoms with Gasteiger partial charge in [0, 0.05) is 17.5 Å². The summed E-state index contributed by atoms with van der Waals surface area (Å²) < 4.78 is 0.